The molecule has 0 bridgehead atoms. The third-order valence-corrected chi connectivity index (χ3v) is 4.72. The van der Waals surface area contributed by atoms with Crippen molar-refractivity contribution in [1.82, 2.24) is 0 Å². The number of methoxy groups -OCH3 is 1. The summed E-state index contributed by atoms with van der Waals surface area (Å²) in [6, 6.07) is 0. The number of ether oxygens (including phenoxy) is 2. The molecule has 156 valence electrons. The van der Waals surface area contributed by atoms with Crippen molar-refractivity contribution in [1.29, 1.82) is 0 Å². The first kappa shape index (κ1) is 25.6. The van der Waals surface area contributed by atoms with E-state index in [4.69, 9.17) is 9.47 Å². The summed E-state index contributed by atoms with van der Waals surface area (Å²) in [6.07, 6.45) is 24.3. The second kappa shape index (κ2) is 22.7. The molecule has 0 spiro atoms. The summed E-state index contributed by atoms with van der Waals surface area (Å²) in [5.41, 5.74) is 0. The minimum atomic E-state index is -0.492. The summed E-state index contributed by atoms with van der Waals surface area (Å²) in [5.74, 6) is 0. The molecular formula is C23H46O3. The molecule has 0 fully saturated rings. The van der Waals surface area contributed by atoms with E-state index in [-0.39, 0.29) is 0 Å². The topological polar surface area (TPSA) is 38.7 Å². The molecule has 0 unspecified atom stereocenters. The van der Waals surface area contributed by atoms with Gasteiger partial charge in [-0.2, -0.15) is 0 Å². The summed E-state index contributed by atoms with van der Waals surface area (Å²) in [4.78, 5) is 0. The van der Waals surface area contributed by atoms with Crippen LogP contribution in [0.15, 0.2) is 12.2 Å². The van der Waals surface area contributed by atoms with E-state index in [0.29, 0.717) is 13.2 Å². The second-order valence-electron chi connectivity index (χ2n) is 7.48. The molecule has 0 aromatic carbocycles. The molecule has 0 saturated heterocycles. The van der Waals surface area contributed by atoms with Crippen LogP contribution in [0.5, 0.6) is 0 Å². The van der Waals surface area contributed by atoms with Gasteiger partial charge in [0.25, 0.3) is 0 Å². The maximum Gasteiger partial charge on any atom is 0.101 e. The molecule has 0 rings (SSSR count). The SMILES string of the molecule is CCCCCCCCCCCCC=CCCCCCOC[C@@H](O)COC. The normalized spacial score (nSPS) is 12.9. The predicted molar refractivity (Wildman–Crippen MR) is 113 cm³/mol. The van der Waals surface area contributed by atoms with Crippen LogP contribution in [0.3, 0.4) is 0 Å². The van der Waals surface area contributed by atoms with Crippen molar-refractivity contribution in [3.8, 4) is 0 Å². The van der Waals surface area contributed by atoms with Crippen molar-refractivity contribution in [3.05, 3.63) is 12.2 Å². The highest BCUT2D eigenvalue weighted by Gasteiger charge is 2.02. The third kappa shape index (κ3) is 21.7. The lowest BCUT2D eigenvalue weighted by molar-refractivity contribution is -0.00681. The fourth-order valence-corrected chi connectivity index (χ4v) is 3.09. The Bertz CT molecular complexity index is 279. The Kier molecular flexibility index (Phi) is 22.3. The van der Waals surface area contributed by atoms with Crippen molar-refractivity contribution < 1.29 is 14.6 Å². The van der Waals surface area contributed by atoms with Gasteiger partial charge < -0.3 is 14.6 Å². The van der Waals surface area contributed by atoms with Crippen LogP contribution in [0.1, 0.15) is 103 Å². The van der Waals surface area contributed by atoms with E-state index in [0.717, 1.165) is 13.0 Å². The first-order valence-electron chi connectivity index (χ1n) is 11.2. The molecule has 0 aliphatic carbocycles. The second-order valence-corrected chi connectivity index (χ2v) is 7.48. The Balaban J connectivity index is 3.11. The Morgan fingerprint density at radius 3 is 1.73 bits per heavy atom. The minimum Gasteiger partial charge on any atom is -0.388 e. The maximum atomic E-state index is 9.43. The van der Waals surface area contributed by atoms with E-state index in [1.807, 2.05) is 0 Å². The van der Waals surface area contributed by atoms with Gasteiger partial charge in [0.1, 0.15) is 6.10 Å². The van der Waals surface area contributed by atoms with Crippen LogP contribution in [0.25, 0.3) is 0 Å². The van der Waals surface area contributed by atoms with Crippen LogP contribution in [-0.2, 0) is 9.47 Å². The molecule has 3 nitrogen and oxygen atoms in total. The van der Waals surface area contributed by atoms with Crippen LogP contribution in [-0.4, -0.2) is 38.1 Å². The molecule has 3 heteroatoms. The summed E-state index contributed by atoms with van der Waals surface area (Å²) < 4.78 is 10.3. The van der Waals surface area contributed by atoms with Gasteiger partial charge in [-0.05, 0) is 32.1 Å². The first-order chi connectivity index (χ1) is 12.8. The van der Waals surface area contributed by atoms with Gasteiger partial charge in [0.15, 0.2) is 0 Å². The number of hydrogen-bond acceptors (Lipinski definition) is 3. The van der Waals surface area contributed by atoms with Crippen LogP contribution in [0.2, 0.25) is 0 Å². The Morgan fingerprint density at radius 1 is 0.692 bits per heavy atom. The van der Waals surface area contributed by atoms with Gasteiger partial charge in [-0.1, -0.05) is 83.3 Å². The summed E-state index contributed by atoms with van der Waals surface area (Å²) in [5, 5.41) is 9.43. The van der Waals surface area contributed by atoms with E-state index in [2.05, 4.69) is 19.1 Å². The van der Waals surface area contributed by atoms with Gasteiger partial charge in [0.05, 0.1) is 13.2 Å². The average Bonchev–Trinajstić information content (AvgIpc) is 2.64. The van der Waals surface area contributed by atoms with Crippen LogP contribution in [0, 0.1) is 0 Å². The number of aliphatic hydroxyl groups is 1. The average molecular weight is 371 g/mol. The molecule has 26 heavy (non-hydrogen) atoms. The summed E-state index contributed by atoms with van der Waals surface area (Å²) in [6.45, 7) is 3.75. The molecule has 0 amide bonds. The van der Waals surface area contributed by atoms with Crippen molar-refractivity contribution in [2.24, 2.45) is 0 Å². The number of allylic oxidation sites excluding steroid dienone is 2. The Hall–Kier alpha value is -0.380. The van der Waals surface area contributed by atoms with Crippen molar-refractivity contribution in [2.75, 3.05) is 26.9 Å². The van der Waals surface area contributed by atoms with Gasteiger partial charge in [-0.15, -0.1) is 0 Å². The highest BCUT2D eigenvalue weighted by Crippen LogP contribution is 2.11. The third-order valence-electron chi connectivity index (χ3n) is 4.72. The standard InChI is InChI=1S/C23H46O3/c1-3-4-5-6-7-8-9-10-11-12-13-14-15-16-17-18-19-20-26-22-23(24)21-25-2/h14-15,23-24H,3-13,16-22H2,1-2H3/t23-/m0/s1. The molecule has 0 aliphatic rings. The Morgan fingerprint density at radius 2 is 1.19 bits per heavy atom. The molecule has 0 aliphatic heterocycles. The van der Waals surface area contributed by atoms with Gasteiger partial charge >= 0.3 is 0 Å². The lowest BCUT2D eigenvalue weighted by Gasteiger charge is -2.09. The molecule has 0 heterocycles. The number of aliphatic hydroxyl groups excluding tert-OH is 1. The zero-order chi connectivity index (χ0) is 19.1. The highest BCUT2D eigenvalue weighted by molar-refractivity contribution is 4.81. The van der Waals surface area contributed by atoms with E-state index < -0.39 is 6.10 Å². The molecule has 1 N–H and O–H groups in total. The summed E-state index contributed by atoms with van der Waals surface area (Å²) in [7, 11) is 1.59. The zero-order valence-electron chi connectivity index (χ0n) is 17.7. The Labute approximate surface area is 163 Å². The fourth-order valence-electron chi connectivity index (χ4n) is 3.09. The minimum absolute atomic E-state index is 0.351. The smallest absolute Gasteiger partial charge is 0.101 e. The summed E-state index contributed by atoms with van der Waals surface area (Å²) >= 11 is 0. The van der Waals surface area contributed by atoms with Crippen LogP contribution in [0.4, 0.5) is 0 Å². The maximum absolute atomic E-state index is 9.43. The number of unbranched alkanes of at least 4 members (excludes halogenated alkanes) is 13. The lowest BCUT2D eigenvalue weighted by Crippen LogP contribution is -2.21. The van der Waals surface area contributed by atoms with Gasteiger partial charge in [-0.25, -0.2) is 0 Å². The van der Waals surface area contributed by atoms with E-state index >= 15 is 0 Å². The van der Waals surface area contributed by atoms with Gasteiger partial charge in [-0.3, -0.25) is 0 Å². The number of hydrogen-bond donors (Lipinski definition) is 1. The van der Waals surface area contributed by atoms with E-state index in [9.17, 15) is 5.11 Å². The number of rotatable bonds is 21. The van der Waals surface area contributed by atoms with Crippen molar-refractivity contribution in [2.45, 2.75) is 109 Å². The lowest BCUT2D eigenvalue weighted by atomic mass is 10.1. The molecule has 0 aromatic heterocycles. The predicted octanol–water partition coefficient (Wildman–Crippen LogP) is 6.44. The molecule has 0 radical (unpaired) electrons. The first-order valence-corrected chi connectivity index (χ1v) is 11.2. The molecular weight excluding hydrogens is 324 g/mol. The van der Waals surface area contributed by atoms with E-state index in [1.165, 1.54) is 89.9 Å². The molecule has 1 atom stereocenters. The largest absolute Gasteiger partial charge is 0.388 e. The zero-order valence-corrected chi connectivity index (χ0v) is 17.7. The molecule has 0 saturated carbocycles. The fraction of sp³-hybridized carbons (Fsp3) is 0.913. The van der Waals surface area contributed by atoms with Crippen LogP contribution >= 0.6 is 0 Å². The van der Waals surface area contributed by atoms with Gasteiger partial charge in [0, 0.05) is 13.7 Å². The van der Waals surface area contributed by atoms with Crippen LogP contribution < -0.4 is 0 Å². The highest BCUT2D eigenvalue weighted by atomic mass is 16.5. The van der Waals surface area contributed by atoms with Crippen molar-refractivity contribution in [3.63, 3.8) is 0 Å². The van der Waals surface area contributed by atoms with E-state index in [1.54, 1.807) is 7.11 Å². The molecule has 0 aromatic rings. The quantitative estimate of drug-likeness (QED) is 0.187. The monoisotopic (exact) mass is 370 g/mol. The van der Waals surface area contributed by atoms with Crippen molar-refractivity contribution >= 4 is 0 Å². The van der Waals surface area contributed by atoms with Gasteiger partial charge in [0.2, 0.25) is 0 Å².